The van der Waals surface area contributed by atoms with Crippen molar-refractivity contribution in [2.75, 3.05) is 14.2 Å². The predicted molar refractivity (Wildman–Crippen MR) is 97.5 cm³/mol. The van der Waals surface area contributed by atoms with Gasteiger partial charge in [0.05, 0.1) is 19.8 Å². The molecule has 0 fully saturated rings. The molecule has 0 bridgehead atoms. The molecule has 8 heteroatoms. The normalized spacial score (nSPS) is 11.7. The monoisotopic (exact) mass is 368 g/mol. The number of hydrogen-bond acceptors (Lipinski definition) is 5. The molecule has 1 N–H and O–H groups in total. The fourth-order valence-electron chi connectivity index (χ4n) is 2.73. The van der Waals surface area contributed by atoms with Gasteiger partial charge in [0, 0.05) is 37.6 Å². The van der Waals surface area contributed by atoms with Crippen LogP contribution in [0.4, 0.5) is 0 Å². The number of amides is 1. The third-order valence-electron chi connectivity index (χ3n) is 4.16. The number of rotatable bonds is 6. The van der Waals surface area contributed by atoms with Gasteiger partial charge in [-0.3, -0.25) is 4.79 Å². The number of carbonyl (C=O) groups excluding carboxylic acids is 1. The van der Waals surface area contributed by atoms with Gasteiger partial charge in [-0.05, 0) is 17.7 Å². The molecular formula is C19H20N4O4. The average Bonchev–Trinajstić information content (AvgIpc) is 3.11. The van der Waals surface area contributed by atoms with E-state index in [0.717, 1.165) is 5.56 Å². The Labute approximate surface area is 156 Å². The number of nitrogens with one attached hydrogen (secondary N) is 1. The quantitative estimate of drug-likeness (QED) is 0.527. The minimum atomic E-state index is -0.541. The van der Waals surface area contributed by atoms with E-state index in [0.29, 0.717) is 27.6 Å². The maximum atomic E-state index is 12.7. The Kier molecular flexibility index (Phi) is 5.25. The highest BCUT2D eigenvalue weighted by Crippen LogP contribution is 2.29. The summed E-state index contributed by atoms with van der Waals surface area (Å²) in [5, 5.41) is 14.2. The summed E-state index contributed by atoms with van der Waals surface area (Å²) in [6, 6.07) is 7.78. The maximum absolute atomic E-state index is 12.7. The van der Waals surface area contributed by atoms with Crippen molar-refractivity contribution in [3.63, 3.8) is 0 Å². The molecule has 1 amide bonds. The minimum Gasteiger partial charge on any atom is -0.619 e. The average molecular weight is 368 g/mol. The van der Waals surface area contributed by atoms with Gasteiger partial charge in [-0.15, -0.1) is 0 Å². The van der Waals surface area contributed by atoms with Gasteiger partial charge < -0.3 is 24.6 Å². The summed E-state index contributed by atoms with van der Waals surface area (Å²) >= 11 is 0. The lowest BCUT2D eigenvalue weighted by atomic mass is 10.0. The molecule has 1 atom stereocenters. The molecule has 0 spiro atoms. The number of carbonyl (C=O) groups is 1. The van der Waals surface area contributed by atoms with Crippen LogP contribution in [-0.4, -0.2) is 29.7 Å². The highest BCUT2D eigenvalue weighted by molar-refractivity contribution is 5.94. The molecule has 140 valence electrons. The van der Waals surface area contributed by atoms with Gasteiger partial charge in [0.1, 0.15) is 23.4 Å². The number of pyridine rings is 1. The van der Waals surface area contributed by atoms with Gasteiger partial charge in [0.25, 0.3) is 5.91 Å². The smallest absolute Gasteiger partial charge is 0.252 e. The summed E-state index contributed by atoms with van der Waals surface area (Å²) in [5.74, 6) is 1.52. The van der Waals surface area contributed by atoms with Gasteiger partial charge >= 0.3 is 0 Å². The Morgan fingerprint density at radius 2 is 1.81 bits per heavy atom. The lowest BCUT2D eigenvalue weighted by Gasteiger charge is -2.20. The van der Waals surface area contributed by atoms with Crippen molar-refractivity contribution in [2.45, 2.75) is 6.04 Å². The first-order chi connectivity index (χ1) is 13.0. The molecular weight excluding hydrogens is 348 g/mol. The molecule has 3 rings (SSSR count). The van der Waals surface area contributed by atoms with Crippen LogP contribution in [0.15, 0.2) is 55.1 Å². The Morgan fingerprint density at radius 3 is 2.33 bits per heavy atom. The molecule has 0 saturated heterocycles. The van der Waals surface area contributed by atoms with Crippen molar-refractivity contribution >= 4 is 5.91 Å². The number of hydrogen-bond donors (Lipinski definition) is 1. The van der Waals surface area contributed by atoms with E-state index in [2.05, 4.69) is 10.3 Å². The maximum Gasteiger partial charge on any atom is 0.252 e. The van der Waals surface area contributed by atoms with Crippen molar-refractivity contribution in [1.82, 2.24) is 14.9 Å². The Hall–Kier alpha value is -3.55. The first-order valence-corrected chi connectivity index (χ1v) is 8.21. The molecule has 3 aromatic rings. The second-order valence-electron chi connectivity index (χ2n) is 5.90. The van der Waals surface area contributed by atoms with Crippen LogP contribution >= 0.6 is 0 Å². The fraction of sp³-hybridized carbons (Fsp3) is 0.211. The van der Waals surface area contributed by atoms with E-state index in [9.17, 15) is 10.0 Å². The zero-order valence-electron chi connectivity index (χ0n) is 15.2. The summed E-state index contributed by atoms with van der Waals surface area (Å²) in [5.41, 5.74) is 1.12. The van der Waals surface area contributed by atoms with Crippen LogP contribution in [0.5, 0.6) is 11.5 Å². The minimum absolute atomic E-state index is 0.328. The third-order valence-corrected chi connectivity index (χ3v) is 4.16. The van der Waals surface area contributed by atoms with E-state index in [1.807, 2.05) is 23.7 Å². The van der Waals surface area contributed by atoms with E-state index < -0.39 is 6.04 Å². The number of nitrogens with zero attached hydrogens (tertiary/aromatic N) is 3. The SMILES string of the molecule is COc1cc(OC)cc(C(NC(=O)c2cc[n+]([O-])cc2)c2nccn2C)c1. The van der Waals surface area contributed by atoms with E-state index in [1.54, 1.807) is 32.7 Å². The van der Waals surface area contributed by atoms with Crippen molar-refractivity contribution in [3.8, 4) is 11.5 Å². The highest BCUT2D eigenvalue weighted by atomic mass is 16.5. The van der Waals surface area contributed by atoms with Crippen molar-refractivity contribution in [1.29, 1.82) is 0 Å². The molecule has 0 aliphatic carbocycles. The number of aromatic nitrogens is 3. The lowest BCUT2D eigenvalue weighted by Crippen LogP contribution is -2.32. The lowest BCUT2D eigenvalue weighted by molar-refractivity contribution is -0.605. The summed E-state index contributed by atoms with van der Waals surface area (Å²) < 4.78 is 13.1. The molecule has 0 radical (unpaired) electrons. The third kappa shape index (κ3) is 4.00. The number of benzene rings is 1. The van der Waals surface area contributed by atoms with Crippen molar-refractivity contribution in [2.24, 2.45) is 7.05 Å². The van der Waals surface area contributed by atoms with Gasteiger partial charge in [0.2, 0.25) is 0 Å². The number of aryl methyl sites for hydroxylation is 1. The fourth-order valence-corrected chi connectivity index (χ4v) is 2.73. The van der Waals surface area contributed by atoms with Gasteiger partial charge in [-0.1, -0.05) is 0 Å². The molecule has 1 unspecified atom stereocenters. The van der Waals surface area contributed by atoms with E-state index in [4.69, 9.17) is 9.47 Å². The first-order valence-electron chi connectivity index (χ1n) is 8.21. The highest BCUT2D eigenvalue weighted by Gasteiger charge is 2.23. The molecule has 0 aliphatic rings. The number of imidazole rings is 1. The summed E-state index contributed by atoms with van der Waals surface area (Å²) in [6.45, 7) is 0. The van der Waals surface area contributed by atoms with Crippen LogP contribution in [0.25, 0.3) is 0 Å². The van der Waals surface area contributed by atoms with Crippen LogP contribution < -0.4 is 19.5 Å². The number of ether oxygens (including phenoxy) is 2. The van der Waals surface area contributed by atoms with Gasteiger partial charge in [0.15, 0.2) is 12.4 Å². The number of methoxy groups -OCH3 is 2. The van der Waals surface area contributed by atoms with Crippen LogP contribution in [0.3, 0.4) is 0 Å². The molecule has 27 heavy (non-hydrogen) atoms. The van der Waals surface area contributed by atoms with E-state index in [-0.39, 0.29) is 5.91 Å². The molecule has 1 aromatic carbocycles. The van der Waals surface area contributed by atoms with Gasteiger partial charge in [-0.2, -0.15) is 4.73 Å². The largest absolute Gasteiger partial charge is 0.619 e. The van der Waals surface area contributed by atoms with Crippen molar-refractivity contribution < 1.29 is 19.0 Å². The van der Waals surface area contributed by atoms with Crippen LogP contribution in [0.1, 0.15) is 27.8 Å². The molecule has 0 saturated carbocycles. The summed E-state index contributed by atoms with van der Waals surface area (Å²) in [6.07, 6.45) is 6.02. The topological polar surface area (TPSA) is 92.3 Å². The van der Waals surface area contributed by atoms with Crippen LogP contribution in [-0.2, 0) is 7.05 Å². The molecule has 0 aliphatic heterocycles. The van der Waals surface area contributed by atoms with Crippen LogP contribution in [0.2, 0.25) is 0 Å². The second-order valence-corrected chi connectivity index (χ2v) is 5.90. The van der Waals surface area contributed by atoms with E-state index >= 15 is 0 Å². The molecule has 8 nitrogen and oxygen atoms in total. The van der Waals surface area contributed by atoms with Crippen molar-refractivity contribution in [3.05, 3.63) is 77.3 Å². The van der Waals surface area contributed by atoms with Gasteiger partial charge in [-0.25, -0.2) is 4.98 Å². The zero-order chi connectivity index (χ0) is 19.4. The summed E-state index contributed by atoms with van der Waals surface area (Å²) in [4.78, 5) is 17.1. The van der Waals surface area contributed by atoms with Crippen LogP contribution in [0, 0.1) is 5.21 Å². The Balaban J connectivity index is 2.01. The Morgan fingerprint density at radius 1 is 1.19 bits per heavy atom. The summed E-state index contributed by atoms with van der Waals surface area (Å²) in [7, 11) is 4.98. The zero-order valence-corrected chi connectivity index (χ0v) is 15.2. The predicted octanol–water partition coefficient (Wildman–Crippen LogP) is 1.59. The van der Waals surface area contributed by atoms with E-state index in [1.165, 1.54) is 24.5 Å². The molecule has 2 aromatic heterocycles. The second kappa shape index (κ2) is 7.77. The Bertz CT molecular complexity index is 915. The molecule has 2 heterocycles. The first kappa shape index (κ1) is 18.2. The standard InChI is InChI=1S/C19H20N4O4/c1-22-9-6-20-18(22)17(14-10-15(26-2)12-16(11-14)27-3)21-19(24)13-4-7-23(25)8-5-13/h4-12,17H,1-3H3,(H,21,24).